The fraction of sp³-hybridized carbons (Fsp3) is 0.917. The van der Waals surface area contributed by atoms with Crippen LogP contribution in [0.4, 0.5) is 0 Å². The number of ether oxygens (including phenoxy) is 1. The van der Waals surface area contributed by atoms with Gasteiger partial charge in [0.2, 0.25) is 5.96 Å². The highest BCUT2D eigenvalue weighted by atomic mass is 16.5. The van der Waals surface area contributed by atoms with Gasteiger partial charge in [-0.1, -0.05) is 6.92 Å². The largest absolute Gasteiger partial charge is 0.382 e. The molecule has 17 heavy (non-hydrogen) atoms. The summed E-state index contributed by atoms with van der Waals surface area (Å²) in [5.74, 6) is 6.31. The van der Waals surface area contributed by atoms with Gasteiger partial charge in [-0.15, -0.1) is 0 Å². The second-order valence-electron chi connectivity index (χ2n) is 3.94. The van der Waals surface area contributed by atoms with Crippen molar-refractivity contribution in [1.29, 1.82) is 0 Å². The third-order valence-corrected chi connectivity index (χ3v) is 2.78. The molecule has 0 amide bonds. The number of hydrogen-bond acceptors (Lipinski definition) is 3. The van der Waals surface area contributed by atoms with Gasteiger partial charge >= 0.3 is 0 Å². The van der Waals surface area contributed by atoms with Crippen molar-refractivity contribution in [2.75, 3.05) is 26.3 Å². The van der Waals surface area contributed by atoms with Gasteiger partial charge in [-0.05, 0) is 33.6 Å². The number of hydrazine groups is 1. The number of hydrogen-bond donors (Lipinski definition) is 2. The lowest BCUT2D eigenvalue weighted by atomic mass is 10.2. The van der Waals surface area contributed by atoms with Crippen LogP contribution in [0.2, 0.25) is 0 Å². The highest BCUT2D eigenvalue weighted by Gasteiger charge is 2.13. The Balaban J connectivity index is 4.21. The van der Waals surface area contributed by atoms with Gasteiger partial charge in [0.25, 0.3) is 0 Å². The molecule has 0 heterocycles. The second kappa shape index (κ2) is 10.4. The lowest BCUT2D eigenvalue weighted by molar-refractivity contribution is 0.146. The molecule has 3 N–H and O–H groups in total. The summed E-state index contributed by atoms with van der Waals surface area (Å²) in [5, 5.41) is 0. The third kappa shape index (κ3) is 6.48. The Kier molecular flexibility index (Phi) is 9.86. The van der Waals surface area contributed by atoms with Crippen LogP contribution in [0.25, 0.3) is 0 Å². The molecule has 0 aromatic heterocycles. The van der Waals surface area contributed by atoms with Gasteiger partial charge < -0.3 is 9.64 Å². The summed E-state index contributed by atoms with van der Waals surface area (Å²) in [6.07, 6.45) is 2.00. The van der Waals surface area contributed by atoms with Crippen molar-refractivity contribution in [2.24, 2.45) is 10.8 Å². The number of nitrogens with zero attached hydrogens (tertiary/aromatic N) is 2. The van der Waals surface area contributed by atoms with Crippen LogP contribution >= 0.6 is 0 Å². The van der Waals surface area contributed by atoms with E-state index in [-0.39, 0.29) is 0 Å². The Hall–Kier alpha value is -0.810. The van der Waals surface area contributed by atoms with Crippen LogP contribution in [0.15, 0.2) is 4.99 Å². The monoisotopic (exact) mass is 244 g/mol. The van der Waals surface area contributed by atoms with Crippen LogP contribution in [0.5, 0.6) is 0 Å². The first kappa shape index (κ1) is 16.2. The smallest absolute Gasteiger partial charge is 0.208 e. The number of aliphatic imine (C=N–C) groups is 1. The summed E-state index contributed by atoms with van der Waals surface area (Å²) in [5.41, 5.74) is 2.69. The Morgan fingerprint density at radius 3 is 2.59 bits per heavy atom. The molecule has 0 saturated heterocycles. The number of nitrogens with two attached hydrogens (primary N) is 1. The Morgan fingerprint density at radius 2 is 2.12 bits per heavy atom. The van der Waals surface area contributed by atoms with E-state index >= 15 is 0 Å². The predicted molar refractivity (Wildman–Crippen MR) is 72.9 cm³/mol. The second-order valence-corrected chi connectivity index (χ2v) is 3.94. The van der Waals surface area contributed by atoms with Crippen LogP contribution in [0.3, 0.4) is 0 Å². The van der Waals surface area contributed by atoms with Crippen LogP contribution in [-0.4, -0.2) is 43.2 Å². The molecule has 0 spiro atoms. The van der Waals surface area contributed by atoms with E-state index in [2.05, 4.69) is 36.1 Å². The summed E-state index contributed by atoms with van der Waals surface area (Å²) < 4.78 is 5.27. The molecule has 0 aliphatic heterocycles. The molecule has 5 nitrogen and oxygen atoms in total. The topological polar surface area (TPSA) is 62.9 Å². The quantitative estimate of drug-likeness (QED) is 0.222. The lowest BCUT2D eigenvalue weighted by Crippen LogP contribution is -2.48. The number of rotatable bonds is 8. The summed E-state index contributed by atoms with van der Waals surface area (Å²) >= 11 is 0. The van der Waals surface area contributed by atoms with E-state index in [1.807, 2.05) is 6.92 Å². The molecule has 0 radical (unpaired) electrons. The summed E-state index contributed by atoms with van der Waals surface area (Å²) in [6.45, 7) is 11.6. The SMILES string of the molecule is CCOCCCN=C(NN)N(CC)C(C)CC. The highest BCUT2D eigenvalue weighted by molar-refractivity contribution is 5.79. The minimum atomic E-state index is 0.446. The van der Waals surface area contributed by atoms with E-state index in [9.17, 15) is 0 Å². The molecule has 1 unspecified atom stereocenters. The van der Waals surface area contributed by atoms with E-state index in [1.165, 1.54) is 0 Å². The van der Waals surface area contributed by atoms with Crippen molar-refractivity contribution in [3.63, 3.8) is 0 Å². The molecule has 0 fully saturated rings. The molecule has 0 bridgehead atoms. The summed E-state index contributed by atoms with van der Waals surface area (Å²) in [7, 11) is 0. The zero-order valence-electron chi connectivity index (χ0n) is 11.7. The first-order chi connectivity index (χ1) is 8.21. The minimum Gasteiger partial charge on any atom is -0.382 e. The zero-order valence-corrected chi connectivity index (χ0v) is 11.7. The van der Waals surface area contributed by atoms with E-state index in [4.69, 9.17) is 10.6 Å². The number of nitrogens with one attached hydrogen (secondary N) is 1. The van der Waals surface area contributed by atoms with Crippen LogP contribution < -0.4 is 11.3 Å². The van der Waals surface area contributed by atoms with E-state index in [0.29, 0.717) is 6.04 Å². The van der Waals surface area contributed by atoms with Crippen LogP contribution in [0, 0.1) is 0 Å². The van der Waals surface area contributed by atoms with Crippen molar-refractivity contribution in [3.05, 3.63) is 0 Å². The average molecular weight is 244 g/mol. The van der Waals surface area contributed by atoms with Gasteiger partial charge in [0, 0.05) is 32.3 Å². The molecule has 0 aliphatic rings. The summed E-state index contributed by atoms with van der Waals surface area (Å²) in [6, 6.07) is 0.446. The zero-order chi connectivity index (χ0) is 13.1. The standard InChI is InChI=1S/C12H28N4O/c1-5-11(4)16(6-2)12(15-13)14-9-8-10-17-7-3/h11H,5-10,13H2,1-4H3,(H,14,15). The van der Waals surface area contributed by atoms with Crippen LogP contribution in [-0.2, 0) is 4.74 Å². The third-order valence-electron chi connectivity index (χ3n) is 2.78. The van der Waals surface area contributed by atoms with E-state index in [0.717, 1.165) is 45.1 Å². The molecule has 0 aliphatic carbocycles. The molecule has 0 aromatic rings. The van der Waals surface area contributed by atoms with Gasteiger partial charge in [0.1, 0.15) is 0 Å². The molecule has 102 valence electrons. The van der Waals surface area contributed by atoms with Crippen LogP contribution in [0.1, 0.15) is 40.5 Å². The Labute approximate surface area is 105 Å². The normalized spacial score (nSPS) is 13.6. The van der Waals surface area contributed by atoms with Gasteiger partial charge in [-0.2, -0.15) is 0 Å². The van der Waals surface area contributed by atoms with Gasteiger partial charge in [-0.3, -0.25) is 10.4 Å². The molecule has 1 atom stereocenters. The molecule has 0 saturated carbocycles. The van der Waals surface area contributed by atoms with Crippen molar-refractivity contribution in [1.82, 2.24) is 10.3 Å². The van der Waals surface area contributed by atoms with Crippen molar-refractivity contribution in [3.8, 4) is 0 Å². The summed E-state index contributed by atoms with van der Waals surface area (Å²) in [4.78, 5) is 6.66. The van der Waals surface area contributed by atoms with Gasteiger partial charge in [0.05, 0.1) is 0 Å². The van der Waals surface area contributed by atoms with E-state index < -0.39 is 0 Å². The highest BCUT2D eigenvalue weighted by Crippen LogP contribution is 2.03. The fourth-order valence-electron chi connectivity index (χ4n) is 1.61. The number of guanidine groups is 1. The maximum atomic E-state index is 5.53. The first-order valence-corrected chi connectivity index (χ1v) is 6.56. The molecular formula is C12H28N4O. The van der Waals surface area contributed by atoms with Crippen molar-refractivity contribution in [2.45, 2.75) is 46.6 Å². The molecule has 0 rings (SSSR count). The molecule has 0 aromatic carbocycles. The molecular weight excluding hydrogens is 216 g/mol. The molecule has 5 heteroatoms. The first-order valence-electron chi connectivity index (χ1n) is 6.56. The van der Waals surface area contributed by atoms with E-state index in [1.54, 1.807) is 0 Å². The minimum absolute atomic E-state index is 0.446. The Bertz CT molecular complexity index is 209. The van der Waals surface area contributed by atoms with Gasteiger partial charge in [0.15, 0.2) is 0 Å². The van der Waals surface area contributed by atoms with Gasteiger partial charge in [-0.25, -0.2) is 5.84 Å². The predicted octanol–water partition coefficient (Wildman–Crippen LogP) is 1.35. The lowest BCUT2D eigenvalue weighted by Gasteiger charge is -2.29. The maximum Gasteiger partial charge on any atom is 0.208 e. The Morgan fingerprint density at radius 1 is 1.41 bits per heavy atom. The maximum absolute atomic E-state index is 5.53. The average Bonchev–Trinajstić information content (AvgIpc) is 2.36. The fourth-order valence-corrected chi connectivity index (χ4v) is 1.61. The van der Waals surface area contributed by atoms with Crippen molar-refractivity contribution < 1.29 is 4.74 Å². The van der Waals surface area contributed by atoms with Crippen molar-refractivity contribution >= 4 is 5.96 Å².